The molecule has 1 unspecified atom stereocenters. The van der Waals surface area contributed by atoms with Crippen molar-refractivity contribution in [2.45, 2.75) is 19.8 Å². The van der Waals surface area contributed by atoms with E-state index in [1.807, 2.05) is 24.4 Å². The fraction of sp³-hybridized carbons (Fsp3) is 0.444. The first-order chi connectivity index (χ1) is 11.6. The van der Waals surface area contributed by atoms with E-state index in [1.165, 1.54) is 0 Å². The smallest absolute Gasteiger partial charge is 0.312 e. The summed E-state index contributed by atoms with van der Waals surface area (Å²) in [5.41, 5.74) is 1.32. The average Bonchev–Trinajstić information content (AvgIpc) is 3.14. The fourth-order valence-corrected chi connectivity index (χ4v) is 4.50. The van der Waals surface area contributed by atoms with Crippen molar-refractivity contribution in [2.24, 2.45) is 11.3 Å². The number of ether oxygens (including phenoxy) is 1. The highest BCUT2D eigenvalue weighted by Crippen LogP contribution is 2.59. The first kappa shape index (κ1) is 15.4. The normalized spacial score (nSPS) is 25.2. The molecule has 2 aliphatic rings. The number of anilines is 1. The lowest BCUT2D eigenvalue weighted by molar-refractivity contribution is -0.150. The Morgan fingerprint density at radius 2 is 2.33 bits per heavy atom. The van der Waals surface area contributed by atoms with Gasteiger partial charge in [-0.3, -0.25) is 4.79 Å². The van der Waals surface area contributed by atoms with Gasteiger partial charge in [0.15, 0.2) is 5.13 Å². The van der Waals surface area contributed by atoms with Crippen molar-refractivity contribution >= 4 is 22.4 Å². The summed E-state index contributed by atoms with van der Waals surface area (Å²) in [6.07, 6.45) is 1.77. The van der Waals surface area contributed by atoms with E-state index < -0.39 is 0 Å². The van der Waals surface area contributed by atoms with Gasteiger partial charge >= 0.3 is 5.97 Å². The SMILES string of the molecule is CCOC(=O)[C@@]12CCN(c3nc(-c4ccccc4O)cs3)CC1C2. The molecule has 1 aromatic heterocycles. The van der Waals surface area contributed by atoms with Crippen molar-refractivity contribution in [2.75, 3.05) is 24.6 Å². The Hall–Kier alpha value is -2.08. The van der Waals surface area contributed by atoms with E-state index in [1.54, 1.807) is 23.5 Å². The number of hydrogen-bond donors (Lipinski definition) is 1. The number of piperidine rings is 1. The molecule has 0 amide bonds. The predicted octanol–water partition coefficient (Wildman–Crippen LogP) is 3.30. The summed E-state index contributed by atoms with van der Waals surface area (Å²) in [5.74, 6) is 0.600. The first-order valence-corrected chi connectivity index (χ1v) is 9.18. The van der Waals surface area contributed by atoms with Gasteiger partial charge in [0.05, 0.1) is 17.7 Å². The summed E-state index contributed by atoms with van der Waals surface area (Å²) in [7, 11) is 0. The van der Waals surface area contributed by atoms with Crippen LogP contribution >= 0.6 is 11.3 Å². The van der Waals surface area contributed by atoms with Crippen molar-refractivity contribution in [3.63, 3.8) is 0 Å². The number of aromatic nitrogens is 1. The predicted molar refractivity (Wildman–Crippen MR) is 93.2 cm³/mol. The number of thiazole rings is 1. The lowest BCUT2D eigenvalue weighted by Gasteiger charge is -2.30. The zero-order valence-electron chi connectivity index (χ0n) is 13.6. The number of carbonyl (C=O) groups is 1. The zero-order valence-corrected chi connectivity index (χ0v) is 14.4. The van der Waals surface area contributed by atoms with Crippen LogP contribution in [0.25, 0.3) is 11.3 Å². The monoisotopic (exact) mass is 344 g/mol. The molecule has 2 fully saturated rings. The van der Waals surface area contributed by atoms with Crippen LogP contribution in [0.2, 0.25) is 0 Å². The Kier molecular flexibility index (Phi) is 3.72. The minimum atomic E-state index is -0.232. The number of hydrogen-bond acceptors (Lipinski definition) is 6. The van der Waals surface area contributed by atoms with Crippen molar-refractivity contribution in [1.82, 2.24) is 4.98 Å². The number of phenols is 1. The van der Waals surface area contributed by atoms with Crippen molar-refractivity contribution < 1.29 is 14.6 Å². The van der Waals surface area contributed by atoms with Crippen LogP contribution in [-0.2, 0) is 9.53 Å². The molecular weight excluding hydrogens is 324 g/mol. The van der Waals surface area contributed by atoms with Gasteiger partial charge in [0, 0.05) is 24.0 Å². The van der Waals surface area contributed by atoms with E-state index in [9.17, 15) is 9.90 Å². The molecule has 1 aliphatic carbocycles. The molecular formula is C18H20N2O3S. The molecule has 1 aromatic carbocycles. The standard InChI is InChI=1S/C18H20N2O3S/c1-2-23-16(22)18-7-8-20(10-12(18)9-18)17-19-14(11-24-17)13-5-3-4-6-15(13)21/h3-6,11-12,21H,2,7-10H2,1H3/t12?,18-/m1/s1. The van der Waals surface area contributed by atoms with Crippen LogP contribution in [0.3, 0.4) is 0 Å². The number of rotatable bonds is 4. The van der Waals surface area contributed by atoms with Crippen LogP contribution in [-0.4, -0.2) is 35.8 Å². The van der Waals surface area contributed by atoms with Crippen LogP contribution in [0.4, 0.5) is 5.13 Å². The molecule has 2 aromatic rings. The lowest BCUT2D eigenvalue weighted by Crippen LogP contribution is -2.38. The van der Waals surface area contributed by atoms with Gasteiger partial charge in [-0.2, -0.15) is 0 Å². The maximum Gasteiger partial charge on any atom is 0.312 e. The van der Waals surface area contributed by atoms with Crippen molar-refractivity contribution in [1.29, 1.82) is 0 Å². The Labute approximate surface area is 144 Å². The number of esters is 1. The molecule has 1 saturated heterocycles. The first-order valence-electron chi connectivity index (χ1n) is 8.30. The average molecular weight is 344 g/mol. The number of para-hydroxylation sites is 1. The number of benzene rings is 1. The van der Waals surface area contributed by atoms with E-state index in [0.717, 1.165) is 42.3 Å². The van der Waals surface area contributed by atoms with Crippen LogP contribution in [0, 0.1) is 11.3 Å². The molecule has 5 nitrogen and oxygen atoms in total. The van der Waals surface area contributed by atoms with Crippen LogP contribution in [0.1, 0.15) is 19.8 Å². The number of phenolic OH excluding ortho intramolecular Hbond substituents is 1. The molecule has 2 atom stereocenters. The molecule has 2 heterocycles. The number of nitrogens with zero attached hydrogens (tertiary/aromatic N) is 2. The molecule has 1 aliphatic heterocycles. The zero-order chi connectivity index (χ0) is 16.7. The third kappa shape index (κ3) is 2.45. The summed E-state index contributed by atoms with van der Waals surface area (Å²) in [5, 5.41) is 12.9. The minimum absolute atomic E-state index is 0.0244. The molecule has 0 radical (unpaired) electrons. The fourth-order valence-electron chi connectivity index (χ4n) is 3.64. The maximum atomic E-state index is 12.1. The summed E-state index contributed by atoms with van der Waals surface area (Å²) >= 11 is 1.59. The largest absolute Gasteiger partial charge is 0.507 e. The van der Waals surface area contributed by atoms with Gasteiger partial charge in [-0.1, -0.05) is 12.1 Å². The maximum absolute atomic E-state index is 12.1. The van der Waals surface area contributed by atoms with Gasteiger partial charge in [0.2, 0.25) is 0 Å². The molecule has 6 heteroatoms. The number of carbonyl (C=O) groups excluding carboxylic acids is 1. The highest BCUT2D eigenvalue weighted by Gasteiger charge is 2.63. The molecule has 0 spiro atoms. The molecule has 4 rings (SSSR count). The van der Waals surface area contributed by atoms with E-state index >= 15 is 0 Å². The van der Waals surface area contributed by atoms with Gasteiger partial charge < -0.3 is 14.7 Å². The summed E-state index contributed by atoms with van der Waals surface area (Å²) < 4.78 is 5.24. The van der Waals surface area contributed by atoms with Crippen LogP contribution in [0.15, 0.2) is 29.6 Å². The summed E-state index contributed by atoms with van der Waals surface area (Å²) in [6, 6.07) is 7.25. The summed E-state index contributed by atoms with van der Waals surface area (Å²) in [6.45, 7) is 3.99. The summed E-state index contributed by atoms with van der Waals surface area (Å²) in [4.78, 5) is 19.1. The van der Waals surface area contributed by atoms with E-state index in [0.29, 0.717) is 12.5 Å². The molecule has 1 N–H and O–H groups in total. The van der Waals surface area contributed by atoms with Gasteiger partial charge in [-0.05, 0) is 37.8 Å². The Morgan fingerprint density at radius 3 is 3.08 bits per heavy atom. The van der Waals surface area contributed by atoms with Gasteiger partial charge in [0.25, 0.3) is 0 Å². The van der Waals surface area contributed by atoms with E-state index in [-0.39, 0.29) is 17.1 Å². The number of aromatic hydroxyl groups is 1. The second-order valence-electron chi connectivity index (χ2n) is 6.51. The lowest BCUT2D eigenvalue weighted by atomic mass is 9.95. The molecule has 24 heavy (non-hydrogen) atoms. The van der Waals surface area contributed by atoms with Crippen molar-refractivity contribution in [3.8, 4) is 17.0 Å². The van der Waals surface area contributed by atoms with Gasteiger partial charge in [-0.15, -0.1) is 11.3 Å². The third-order valence-electron chi connectivity index (χ3n) is 5.13. The highest BCUT2D eigenvalue weighted by atomic mass is 32.1. The second-order valence-corrected chi connectivity index (χ2v) is 7.34. The van der Waals surface area contributed by atoms with Crippen LogP contribution in [0.5, 0.6) is 5.75 Å². The van der Waals surface area contributed by atoms with Crippen LogP contribution < -0.4 is 4.90 Å². The quantitative estimate of drug-likeness (QED) is 0.862. The Morgan fingerprint density at radius 1 is 1.50 bits per heavy atom. The van der Waals surface area contributed by atoms with E-state index in [2.05, 4.69) is 4.90 Å². The second kappa shape index (κ2) is 5.77. The van der Waals surface area contributed by atoms with Gasteiger partial charge in [0.1, 0.15) is 5.75 Å². The Balaban J connectivity index is 1.48. The topological polar surface area (TPSA) is 62.7 Å². The molecule has 0 bridgehead atoms. The molecule has 1 saturated carbocycles. The van der Waals surface area contributed by atoms with Crippen molar-refractivity contribution in [3.05, 3.63) is 29.6 Å². The number of fused-ring (bicyclic) bond motifs is 1. The highest BCUT2D eigenvalue weighted by molar-refractivity contribution is 7.14. The molecule has 126 valence electrons. The minimum Gasteiger partial charge on any atom is -0.507 e. The van der Waals surface area contributed by atoms with Gasteiger partial charge in [-0.25, -0.2) is 4.98 Å². The van der Waals surface area contributed by atoms with E-state index in [4.69, 9.17) is 9.72 Å². The third-order valence-corrected chi connectivity index (χ3v) is 6.03. The Bertz CT molecular complexity index is 775.